The van der Waals surface area contributed by atoms with Gasteiger partial charge in [-0.1, -0.05) is 36.4 Å². The summed E-state index contributed by atoms with van der Waals surface area (Å²) >= 11 is 0. The highest BCUT2D eigenvalue weighted by Gasteiger charge is 2.26. The van der Waals surface area contributed by atoms with Gasteiger partial charge >= 0.3 is 5.97 Å². The van der Waals surface area contributed by atoms with Crippen molar-refractivity contribution in [3.05, 3.63) is 66.0 Å². The molecule has 29 heavy (non-hydrogen) atoms. The lowest BCUT2D eigenvalue weighted by molar-refractivity contribution is -0.145. The molecule has 1 saturated heterocycles. The Balaban J connectivity index is 1.42. The molecule has 2 N–H and O–H groups in total. The molecule has 1 aromatic carbocycles. The third kappa shape index (κ3) is 6.96. The number of amides is 1. The van der Waals surface area contributed by atoms with E-state index in [1.165, 1.54) is 5.56 Å². The van der Waals surface area contributed by atoms with Crippen molar-refractivity contribution in [3.8, 4) is 0 Å². The second-order valence-corrected chi connectivity index (χ2v) is 7.44. The van der Waals surface area contributed by atoms with Crippen molar-refractivity contribution in [2.75, 3.05) is 32.7 Å². The van der Waals surface area contributed by atoms with Crippen molar-refractivity contribution >= 4 is 11.9 Å². The van der Waals surface area contributed by atoms with Gasteiger partial charge in [0.05, 0.1) is 5.92 Å². The zero-order valence-corrected chi connectivity index (χ0v) is 16.5. The maximum absolute atomic E-state index is 12.2. The third-order valence-electron chi connectivity index (χ3n) is 5.19. The van der Waals surface area contributed by atoms with Crippen molar-refractivity contribution in [1.82, 2.24) is 20.1 Å². The average molecular weight is 396 g/mol. The predicted molar refractivity (Wildman–Crippen MR) is 110 cm³/mol. The summed E-state index contributed by atoms with van der Waals surface area (Å²) in [5.41, 5.74) is 2.18. The molecule has 3 rings (SSSR count). The summed E-state index contributed by atoms with van der Waals surface area (Å²) in [6.07, 6.45) is 3.64. The number of pyridine rings is 1. The fourth-order valence-corrected chi connectivity index (χ4v) is 3.51. The Morgan fingerprint density at radius 1 is 1.00 bits per heavy atom. The SMILES string of the molecule is O=C(C[C@@H](CN1CCN(Cc2cccnc2)CC1)C(=O)O)NCc1ccccc1. The Morgan fingerprint density at radius 2 is 1.69 bits per heavy atom. The molecule has 1 aromatic heterocycles. The van der Waals surface area contributed by atoms with Gasteiger partial charge in [-0.05, 0) is 17.2 Å². The van der Waals surface area contributed by atoms with Crippen LogP contribution in [0.4, 0.5) is 0 Å². The summed E-state index contributed by atoms with van der Waals surface area (Å²) < 4.78 is 0. The maximum atomic E-state index is 12.2. The standard InChI is InChI=1S/C22H28N4O3/c27-21(24-15-18-5-2-1-3-6-18)13-20(22(28)29)17-26-11-9-25(10-12-26)16-19-7-4-8-23-14-19/h1-8,14,20H,9-13,15-17H2,(H,24,27)(H,28,29)/t20-/m0/s1. The van der Waals surface area contributed by atoms with Gasteiger partial charge in [-0.3, -0.25) is 24.4 Å². The molecule has 7 heteroatoms. The van der Waals surface area contributed by atoms with Gasteiger partial charge in [-0.25, -0.2) is 0 Å². The summed E-state index contributed by atoms with van der Waals surface area (Å²) in [4.78, 5) is 32.5. The van der Waals surface area contributed by atoms with E-state index in [1.54, 1.807) is 6.20 Å². The molecule has 1 aliphatic rings. The van der Waals surface area contributed by atoms with Gasteiger partial charge in [0.15, 0.2) is 0 Å². The molecule has 0 unspecified atom stereocenters. The monoisotopic (exact) mass is 396 g/mol. The summed E-state index contributed by atoms with van der Waals surface area (Å²) in [5.74, 6) is -1.84. The Morgan fingerprint density at radius 3 is 2.34 bits per heavy atom. The normalized spacial score (nSPS) is 16.3. The highest BCUT2D eigenvalue weighted by molar-refractivity contribution is 5.82. The van der Waals surface area contributed by atoms with Gasteiger partial charge < -0.3 is 10.4 Å². The van der Waals surface area contributed by atoms with Crippen molar-refractivity contribution in [2.45, 2.75) is 19.5 Å². The summed E-state index contributed by atoms with van der Waals surface area (Å²) in [7, 11) is 0. The van der Waals surface area contributed by atoms with E-state index in [-0.39, 0.29) is 12.3 Å². The van der Waals surface area contributed by atoms with Crippen LogP contribution in [0.2, 0.25) is 0 Å². The minimum absolute atomic E-state index is 0.00192. The first-order valence-corrected chi connectivity index (χ1v) is 9.97. The van der Waals surface area contributed by atoms with Crippen LogP contribution in [0, 0.1) is 5.92 Å². The summed E-state index contributed by atoms with van der Waals surface area (Å²) in [6.45, 7) is 5.02. The number of nitrogens with zero attached hydrogens (tertiary/aromatic N) is 3. The van der Waals surface area contributed by atoms with Crippen LogP contribution in [-0.4, -0.2) is 64.5 Å². The van der Waals surface area contributed by atoms with Crippen LogP contribution in [0.25, 0.3) is 0 Å². The number of aliphatic carboxylic acids is 1. The highest BCUT2D eigenvalue weighted by Crippen LogP contribution is 2.12. The molecule has 2 heterocycles. The summed E-state index contributed by atoms with van der Waals surface area (Å²) in [6, 6.07) is 13.6. The van der Waals surface area contributed by atoms with Crippen LogP contribution in [-0.2, 0) is 22.7 Å². The zero-order chi connectivity index (χ0) is 20.5. The number of benzene rings is 1. The third-order valence-corrected chi connectivity index (χ3v) is 5.19. The lowest BCUT2D eigenvalue weighted by Crippen LogP contribution is -2.48. The average Bonchev–Trinajstić information content (AvgIpc) is 2.74. The fourth-order valence-electron chi connectivity index (χ4n) is 3.51. The lowest BCUT2D eigenvalue weighted by atomic mass is 10.0. The van der Waals surface area contributed by atoms with Crippen LogP contribution in [0.5, 0.6) is 0 Å². The quantitative estimate of drug-likeness (QED) is 0.670. The number of carbonyl (C=O) groups excluding carboxylic acids is 1. The van der Waals surface area contributed by atoms with E-state index in [0.29, 0.717) is 13.1 Å². The second-order valence-electron chi connectivity index (χ2n) is 7.44. The number of carboxylic acid groups (broad SMARTS) is 1. The largest absolute Gasteiger partial charge is 0.481 e. The van der Waals surface area contributed by atoms with Crippen LogP contribution in [0.3, 0.4) is 0 Å². The van der Waals surface area contributed by atoms with Crippen molar-refractivity contribution < 1.29 is 14.7 Å². The van der Waals surface area contributed by atoms with E-state index >= 15 is 0 Å². The maximum Gasteiger partial charge on any atom is 0.308 e. The number of piperazine rings is 1. The van der Waals surface area contributed by atoms with Gasteiger partial charge in [-0.15, -0.1) is 0 Å². The predicted octanol–water partition coefficient (Wildman–Crippen LogP) is 1.61. The van der Waals surface area contributed by atoms with E-state index in [4.69, 9.17) is 0 Å². The molecule has 1 aliphatic heterocycles. The summed E-state index contributed by atoms with van der Waals surface area (Å²) in [5, 5.41) is 12.4. The molecule has 0 spiro atoms. The molecule has 2 aromatic rings. The van der Waals surface area contributed by atoms with Gasteiger partial charge in [0.2, 0.25) is 5.91 Å². The zero-order valence-electron chi connectivity index (χ0n) is 16.5. The van der Waals surface area contributed by atoms with E-state index in [9.17, 15) is 14.7 Å². The van der Waals surface area contributed by atoms with Gasteiger partial charge in [0, 0.05) is 64.6 Å². The molecule has 0 saturated carbocycles. The molecule has 1 fully saturated rings. The first-order valence-electron chi connectivity index (χ1n) is 9.97. The molecule has 0 bridgehead atoms. The Labute approximate surface area is 171 Å². The van der Waals surface area contributed by atoms with Crippen LogP contribution in [0.15, 0.2) is 54.9 Å². The minimum Gasteiger partial charge on any atom is -0.481 e. The van der Waals surface area contributed by atoms with E-state index in [1.807, 2.05) is 42.6 Å². The number of hydrogen-bond donors (Lipinski definition) is 2. The Hall–Kier alpha value is -2.77. The Kier molecular flexibility index (Phi) is 7.72. The fraction of sp³-hybridized carbons (Fsp3) is 0.409. The number of rotatable bonds is 9. The van der Waals surface area contributed by atoms with E-state index in [2.05, 4.69) is 26.2 Å². The lowest BCUT2D eigenvalue weighted by Gasteiger charge is -2.35. The number of aromatic nitrogens is 1. The second kappa shape index (κ2) is 10.7. The highest BCUT2D eigenvalue weighted by atomic mass is 16.4. The number of carbonyl (C=O) groups is 2. The molecular weight excluding hydrogens is 368 g/mol. The van der Waals surface area contributed by atoms with Gasteiger partial charge in [0.1, 0.15) is 0 Å². The minimum atomic E-state index is -0.919. The molecule has 1 atom stereocenters. The number of hydrogen-bond acceptors (Lipinski definition) is 5. The molecular formula is C22H28N4O3. The number of carboxylic acids is 1. The number of nitrogens with one attached hydrogen (secondary N) is 1. The van der Waals surface area contributed by atoms with E-state index < -0.39 is 11.9 Å². The molecule has 1 amide bonds. The molecule has 7 nitrogen and oxygen atoms in total. The van der Waals surface area contributed by atoms with Crippen LogP contribution >= 0.6 is 0 Å². The topological polar surface area (TPSA) is 85.8 Å². The smallest absolute Gasteiger partial charge is 0.308 e. The van der Waals surface area contributed by atoms with Gasteiger partial charge in [-0.2, -0.15) is 0 Å². The van der Waals surface area contributed by atoms with Crippen LogP contribution in [0.1, 0.15) is 17.5 Å². The molecule has 0 radical (unpaired) electrons. The van der Waals surface area contributed by atoms with Crippen molar-refractivity contribution in [1.29, 1.82) is 0 Å². The van der Waals surface area contributed by atoms with Crippen LogP contribution < -0.4 is 5.32 Å². The van der Waals surface area contributed by atoms with Crippen molar-refractivity contribution in [3.63, 3.8) is 0 Å². The van der Waals surface area contributed by atoms with E-state index in [0.717, 1.165) is 38.3 Å². The first-order chi connectivity index (χ1) is 14.1. The Bertz CT molecular complexity index is 777. The first kappa shape index (κ1) is 21.0. The molecule has 0 aliphatic carbocycles. The van der Waals surface area contributed by atoms with Crippen molar-refractivity contribution in [2.24, 2.45) is 5.92 Å². The molecule has 154 valence electrons. The van der Waals surface area contributed by atoms with Gasteiger partial charge in [0.25, 0.3) is 0 Å².